The summed E-state index contributed by atoms with van der Waals surface area (Å²) < 4.78 is 5.07. The fourth-order valence-corrected chi connectivity index (χ4v) is 2.86. The number of thioether (sulfide) groups is 1. The summed E-state index contributed by atoms with van der Waals surface area (Å²) in [5.41, 5.74) is 1.14. The third kappa shape index (κ3) is 3.34. The molecule has 0 radical (unpaired) electrons. The van der Waals surface area contributed by atoms with Gasteiger partial charge in [0.1, 0.15) is 6.17 Å². The molecule has 1 amide bonds. The maximum absolute atomic E-state index is 12.2. The van der Waals surface area contributed by atoms with E-state index >= 15 is 0 Å². The molecule has 1 heterocycles. The second-order valence-corrected chi connectivity index (χ2v) is 5.82. The molecule has 0 bridgehead atoms. The minimum Gasteiger partial charge on any atom is -0.385 e. The van der Waals surface area contributed by atoms with Gasteiger partial charge in [0.2, 0.25) is 5.91 Å². The Hall–Kier alpha value is -1.04. The summed E-state index contributed by atoms with van der Waals surface area (Å²) in [4.78, 5) is 15.4. The molecule has 0 spiro atoms. The van der Waals surface area contributed by atoms with Crippen molar-refractivity contribution in [2.24, 2.45) is 0 Å². The minimum absolute atomic E-state index is 0.0229. The monoisotopic (exact) mass is 294 g/mol. The summed E-state index contributed by atoms with van der Waals surface area (Å²) in [6.07, 6.45) is 2.90. The van der Waals surface area contributed by atoms with Crippen molar-refractivity contribution >= 4 is 17.7 Å². The molecule has 20 heavy (non-hydrogen) atoms. The highest BCUT2D eigenvalue weighted by Gasteiger charge is 2.36. The maximum atomic E-state index is 12.2. The highest BCUT2D eigenvalue weighted by molar-refractivity contribution is 7.98. The summed E-state index contributed by atoms with van der Waals surface area (Å²) in [5, 5.41) is 3.36. The quantitative estimate of drug-likeness (QED) is 0.645. The zero-order chi connectivity index (χ0) is 14.5. The van der Waals surface area contributed by atoms with E-state index in [0.29, 0.717) is 6.61 Å². The first-order valence-corrected chi connectivity index (χ1v) is 8.09. The minimum atomic E-state index is -0.122. The Bertz CT molecular complexity index is 450. The molecule has 2 rings (SSSR count). The fourth-order valence-electron chi connectivity index (χ4n) is 2.45. The van der Waals surface area contributed by atoms with Crippen LogP contribution in [0.15, 0.2) is 29.2 Å². The average molecular weight is 294 g/mol. The molecule has 2 atom stereocenters. The number of methoxy groups -OCH3 is 1. The van der Waals surface area contributed by atoms with E-state index in [1.807, 2.05) is 11.8 Å². The highest BCUT2D eigenvalue weighted by atomic mass is 32.2. The molecule has 4 nitrogen and oxygen atoms in total. The molecule has 1 saturated heterocycles. The van der Waals surface area contributed by atoms with Crippen molar-refractivity contribution in [1.82, 2.24) is 10.2 Å². The van der Waals surface area contributed by atoms with Gasteiger partial charge in [0.25, 0.3) is 0 Å². The topological polar surface area (TPSA) is 41.6 Å². The van der Waals surface area contributed by atoms with E-state index in [9.17, 15) is 4.79 Å². The molecule has 2 unspecified atom stereocenters. The van der Waals surface area contributed by atoms with Gasteiger partial charge in [0, 0.05) is 25.2 Å². The summed E-state index contributed by atoms with van der Waals surface area (Å²) in [5.74, 6) is 0.167. The number of nitrogens with zero attached hydrogens (tertiary/aromatic N) is 1. The Morgan fingerprint density at radius 2 is 2.05 bits per heavy atom. The van der Waals surface area contributed by atoms with Crippen molar-refractivity contribution in [2.45, 2.75) is 30.4 Å². The van der Waals surface area contributed by atoms with Crippen LogP contribution in [0.4, 0.5) is 0 Å². The Labute approximate surface area is 124 Å². The standard InChI is InChI=1S/C15H22N2O2S/c1-11-15(18)17(9-4-10-19-2)14(16-11)12-5-7-13(20-3)8-6-12/h5-8,11,14,16H,4,9-10H2,1-3H3. The Balaban J connectivity index is 2.12. The van der Waals surface area contributed by atoms with Gasteiger partial charge in [-0.1, -0.05) is 12.1 Å². The molecule has 0 saturated carbocycles. The van der Waals surface area contributed by atoms with Crippen LogP contribution in [0.2, 0.25) is 0 Å². The van der Waals surface area contributed by atoms with Crippen LogP contribution < -0.4 is 5.32 Å². The molecule has 0 aliphatic carbocycles. The van der Waals surface area contributed by atoms with Crippen molar-refractivity contribution in [2.75, 3.05) is 26.5 Å². The van der Waals surface area contributed by atoms with Gasteiger partial charge < -0.3 is 9.64 Å². The Morgan fingerprint density at radius 3 is 2.65 bits per heavy atom. The highest BCUT2D eigenvalue weighted by Crippen LogP contribution is 2.27. The fraction of sp³-hybridized carbons (Fsp3) is 0.533. The summed E-state index contributed by atoms with van der Waals surface area (Å²) >= 11 is 1.72. The van der Waals surface area contributed by atoms with E-state index in [2.05, 4.69) is 35.8 Å². The second kappa shape index (κ2) is 7.11. The van der Waals surface area contributed by atoms with Gasteiger partial charge in [-0.2, -0.15) is 0 Å². The van der Waals surface area contributed by atoms with Crippen molar-refractivity contribution in [1.29, 1.82) is 0 Å². The molecule has 1 aliphatic rings. The predicted molar refractivity (Wildman–Crippen MR) is 81.8 cm³/mol. The summed E-state index contributed by atoms with van der Waals surface area (Å²) in [7, 11) is 1.69. The van der Waals surface area contributed by atoms with Crippen LogP contribution >= 0.6 is 11.8 Å². The van der Waals surface area contributed by atoms with Gasteiger partial charge in [-0.15, -0.1) is 11.8 Å². The SMILES string of the molecule is COCCCN1C(=O)C(C)NC1c1ccc(SC)cc1. The van der Waals surface area contributed by atoms with Gasteiger partial charge in [-0.3, -0.25) is 10.1 Å². The number of rotatable bonds is 6. The molecule has 1 aliphatic heterocycles. The number of ether oxygens (including phenoxy) is 1. The number of benzene rings is 1. The number of carbonyl (C=O) groups is 1. The van der Waals surface area contributed by atoms with E-state index in [4.69, 9.17) is 4.74 Å². The van der Waals surface area contributed by atoms with Crippen LogP contribution in [0.3, 0.4) is 0 Å². The van der Waals surface area contributed by atoms with E-state index in [-0.39, 0.29) is 18.1 Å². The van der Waals surface area contributed by atoms with Gasteiger partial charge in [0.15, 0.2) is 0 Å². The van der Waals surface area contributed by atoms with Crippen LogP contribution in [0.1, 0.15) is 25.1 Å². The number of hydrogen-bond acceptors (Lipinski definition) is 4. The van der Waals surface area contributed by atoms with Crippen molar-refractivity contribution < 1.29 is 9.53 Å². The largest absolute Gasteiger partial charge is 0.385 e. The van der Waals surface area contributed by atoms with Gasteiger partial charge in [0.05, 0.1) is 6.04 Å². The molecule has 110 valence electrons. The van der Waals surface area contributed by atoms with E-state index in [1.165, 1.54) is 4.90 Å². The van der Waals surface area contributed by atoms with Crippen LogP contribution in [-0.2, 0) is 9.53 Å². The lowest BCUT2D eigenvalue weighted by Crippen LogP contribution is -2.32. The molecule has 1 aromatic carbocycles. The number of amides is 1. The smallest absolute Gasteiger partial charge is 0.241 e. The van der Waals surface area contributed by atoms with Gasteiger partial charge in [-0.25, -0.2) is 0 Å². The lowest BCUT2D eigenvalue weighted by atomic mass is 10.1. The lowest BCUT2D eigenvalue weighted by Gasteiger charge is -2.24. The Kier molecular flexibility index (Phi) is 5.46. The molecule has 5 heteroatoms. The zero-order valence-electron chi connectivity index (χ0n) is 12.3. The first-order chi connectivity index (χ1) is 9.67. The maximum Gasteiger partial charge on any atom is 0.241 e. The predicted octanol–water partition coefficient (Wildman–Crippen LogP) is 2.26. The second-order valence-electron chi connectivity index (χ2n) is 4.94. The lowest BCUT2D eigenvalue weighted by molar-refractivity contribution is -0.130. The number of hydrogen-bond donors (Lipinski definition) is 1. The van der Waals surface area contributed by atoms with Crippen LogP contribution in [0, 0.1) is 0 Å². The average Bonchev–Trinajstić information content (AvgIpc) is 2.76. The van der Waals surface area contributed by atoms with Crippen LogP contribution in [-0.4, -0.2) is 43.4 Å². The van der Waals surface area contributed by atoms with Crippen molar-refractivity contribution in [3.8, 4) is 0 Å². The summed E-state index contributed by atoms with van der Waals surface area (Å²) in [6, 6.07) is 8.27. The normalized spacial score (nSPS) is 22.6. The van der Waals surface area contributed by atoms with Gasteiger partial charge >= 0.3 is 0 Å². The molecule has 0 aromatic heterocycles. The zero-order valence-corrected chi connectivity index (χ0v) is 13.1. The van der Waals surface area contributed by atoms with Crippen LogP contribution in [0.5, 0.6) is 0 Å². The van der Waals surface area contributed by atoms with E-state index in [0.717, 1.165) is 18.5 Å². The van der Waals surface area contributed by atoms with Gasteiger partial charge in [-0.05, 0) is 37.3 Å². The van der Waals surface area contributed by atoms with Crippen LogP contribution in [0.25, 0.3) is 0 Å². The molecule has 1 N–H and O–H groups in total. The Morgan fingerprint density at radius 1 is 1.35 bits per heavy atom. The molecule has 1 fully saturated rings. The van der Waals surface area contributed by atoms with Crippen molar-refractivity contribution in [3.05, 3.63) is 29.8 Å². The third-order valence-electron chi connectivity index (χ3n) is 3.55. The van der Waals surface area contributed by atoms with Crippen molar-refractivity contribution in [3.63, 3.8) is 0 Å². The number of nitrogens with one attached hydrogen (secondary N) is 1. The molecular formula is C15H22N2O2S. The third-order valence-corrected chi connectivity index (χ3v) is 4.30. The number of carbonyl (C=O) groups excluding carboxylic acids is 1. The molecule has 1 aromatic rings. The van der Waals surface area contributed by atoms with E-state index < -0.39 is 0 Å². The first kappa shape index (κ1) is 15.4. The first-order valence-electron chi connectivity index (χ1n) is 6.86. The summed E-state index contributed by atoms with van der Waals surface area (Å²) in [6.45, 7) is 3.32. The van der Waals surface area contributed by atoms with E-state index in [1.54, 1.807) is 18.9 Å². The molecular weight excluding hydrogens is 272 g/mol.